The monoisotopic (exact) mass is 426 g/mol. The van der Waals surface area contributed by atoms with Crippen molar-refractivity contribution in [3.05, 3.63) is 23.8 Å². The second-order valence-corrected chi connectivity index (χ2v) is 9.02. The predicted octanol–water partition coefficient (Wildman–Crippen LogP) is 1.18. The van der Waals surface area contributed by atoms with Crippen molar-refractivity contribution in [2.45, 2.75) is 26.7 Å². The van der Waals surface area contributed by atoms with Crippen molar-refractivity contribution in [3.8, 4) is 0 Å². The van der Waals surface area contributed by atoms with Gasteiger partial charge in [-0.15, -0.1) is 0 Å². The van der Waals surface area contributed by atoms with Gasteiger partial charge in [0.2, 0.25) is 15.9 Å². The Labute approximate surface area is 172 Å². The number of amides is 1. The van der Waals surface area contributed by atoms with Crippen LogP contribution in [0.2, 0.25) is 0 Å². The van der Waals surface area contributed by atoms with Gasteiger partial charge in [-0.25, -0.2) is 13.2 Å². The molecule has 1 aliphatic rings. The molecule has 1 fully saturated rings. The van der Waals surface area contributed by atoms with Crippen LogP contribution in [0.4, 0.5) is 11.4 Å². The summed E-state index contributed by atoms with van der Waals surface area (Å²) in [5.74, 6) is -1.31. The van der Waals surface area contributed by atoms with Gasteiger partial charge in [0.1, 0.15) is 0 Å². The molecule has 1 amide bonds. The highest BCUT2D eigenvalue weighted by Crippen LogP contribution is 2.25. The number of piperazine rings is 1. The fourth-order valence-corrected chi connectivity index (χ4v) is 3.72. The van der Waals surface area contributed by atoms with E-state index in [9.17, 15) is 23.1 Å². The number of aromatic carboxylic acids is 1. The molecule has 0 spiro atoms. The summed E-state index contributed by atoms with van der Waals surface area (Å²) in [6, 6.07) is 4.69. The number of nitrogens with one attached hydrogen (secondary N) is 2. The lowest BCUT2D eigenvalue weighted by Crippen LogP contribution is -2.49. The number of sulfonamides is 1. The highest BCUT2D eigenvalue weighted by atomic mass is 32.2. The summed E-state index contributed by atoms with van der Waals surface area (Å²) in [7, 11) is -3.57. The summed E-state index contributed by atoms with van der Waals surface area (Å²) in [6.07, 6.45) is 2.01. The predicted molar refractivity (Wildman–Crippen MR) is 113 cm³/mol. The first-order valence-corrected chi connectivity index (χ1v) is 11.5. The highest BCUT2D eigenvalue weighted by Gasteiger charge is 2.22. The topological polar surface area (TPSA) is 119 Å². The molecule has 3 N–H and O–H groups in total. The summed E-state index contributed by atoms with van der Waals surface area (Å²) >= 11 is 0. The number of carboxylic acid groups (broad SMARTS) is 1. The van der Waals surface area contributed by atoms with Gasteiger partial charge in [-0.05, 0) is 31.5 Å². The summed E-state index contributed by atoms with van der Waals surface area (Å²) < 4.78 is 25.9. The van der Waals surface area contributed by atoms with Gasteiger partial charge in [-0.2, -0.15) is 0 Å². The third-order valence-electron chi connectivity index (χ3n) is 4.84. The van der Waals surface area contributed by atoms with Crippen LogP contribution in [0.25, 0.3) is 0 Å². The number of carboxylic acids is 1. The first-order chi connectivity index (χ1) is 13.8. The molecule has 0 aromatic heterocycles. The molecule has 0 atom stereocenters. The summed E-state index contributed by atoms with van der Waals surface area (Å²) in [4.78, 5) is 27.7. The third-order valence-corrected chi connectivity index (χ3v) is 6.13. The Bertz CT molecular complexity index is 820. The first kappa shape index (κ1) is 23.0. The fraction of sp³-hybridized carbons (Fsp3) is 0.579. The van der Waals surface area contributed by atoms with Crippen LogP contribution in [0, 0.1) is 0 Å². The van der Waals surface area contributed by atoms with Crippen LogP contribution in [0.15, 0.2) is 18.2 Å². The second-order valence-electron chi connectivity index (χ2n) is 7.01. The number of hydrogen-bond acceptors (Lipinski definition) is 6. The molecule has 29 heavy (non-hydrogen) atoms. The van der Waals surface area contributed by atoms with E-state index in [4.69, 9.17) is 0 Å². The molecular formula is C19H30N4O5S. The maximum absolute atomic E-state index is 11.9. The Morgan fingerprint density at radius 2 is 1.83 bits per heavy atom. The van der Waals surface area contributed by atoms with E-state index in [-0.39, 0.29) is 22.9 Å². The zero-order valence-corrected chi connectivity index (χ0v) is 17.8. The quantitative estimate of drug-likeness (QED) is 0.481. The number of hydrogen-bond donors (Lipinski definition) is 3. The van der Waals surface area contributed by atoms with Crippen LogP contribution in [-0.4, -0.2) is 75.3 Å². The zero-order chi connectivity index (χ0) is 21.4. The van der Waals surface area contributed by atoms with E-state index < -0.39 is 16.0 Å². The number of anilines is 2. The lowest BCUT2D eigenvalue weighted by molar-refractivity contribution is -0.122. The maximum atomic E-state index is 11.9. The normalized spacial score (nSPS) is 15.2. The average Bonchev–Trinajstić information content (AvgIpc) is 2.69. The number of rotatable bonds is 10. The van der Waals surface area contributed by atoms with Crippen LogP contribution in [0.1, 0.15) is 37.0 Å². The van der Waals surface area contributed by atoms with Crippen LogP contribution in [-0.2, 0) is 14.8 Å². The molecule has 0 saturated carbocycles. The minimum Gasteiger partial charge on any atom is -0.478 e. The average molecular weight is 427 g/mol. The molecule has 162 valence electrons. The second kappa shape index (κ2) is 10.4. The summed E-state index contributed by atoms with van der Waals surface area (Å²) in [6.45, 7) is 7.30. The van der Waals surface area contributed by atoms with Crippen LogP contribution >= 0.6 is 0 Å². The SMILES string of the molecule is CCCCNC(=O)CN1CCN(c2ccc(NS(=O)(=O)CC)c(C(=O)O)c2)CC1. The molecule has 1 aromatic rings. The van der Waals surface area contributed by atoms with E-state index in [1.165, 1.54) is 19.1 Å². The highest BCUT2D eigenvalue weighted by molar-refractivity contribution is 7.92. The Morgan fingerprint density at radius 3 is 2.41 bits per heavy atom. The fourth-order valence-electron chi connectivity index (χ4n) is 3.06. The van der Waals surface area contributed by atoms with Gasteiger partial charge in [0.15, 0.2) is 0 Å². The summed E-state index contributed by atoms with van der Waals surface area (Å²) in [5.41, 5.74) is 0.691. The van der Waals surface area contributed by atoms with Gasteiger partial charge < -0.3 is 15.3 Å². The lowest BCUT2D eigenvalue weighted by atomic mass is 10.1. The Hall–Kier alpha value is -2.33. The van der Waals surface area contributed by atoms with Crippen molar-refractivity contribution in [1.82, 2.24) is 10.2 Å². The molecule has 0 bridgehead atoms. The van der Waals surface area contributed by atoms with Gasteiger partial charge in [0.25, 0.3) is 0 Å². The number of carbonyl (C=O) groups is 2. The van der Waals surface area contributed by atoms with Crippen molar-refractivity contribution in [3.63, 3.8) is 0 Å². The molecule has 0 aliphatic carbocycles. The Kier molecular flexibility index (Phi) is 8.27. The molecule has 1 aliphatic heterocycles. The molecule has 10 heteroatoms. The van der Waals surface area contributed by atoms with Crippen LogP contribution in [0.5, 0.6) is 0 Å². The third kappa shape index (κ3) is 6.90. The van der Waals surface area contributed by atoms with Crippen molar-refractivity contribution in [1.29, 1.82) is 0 Å². The Balaban J connectivity index is 1.99. The molecule has 1 heterocycles. The zero-order valence-electron chi connectivity index (χ0n) is 17.0. The van der Waals surface area contributed by atoms with Crippen molar-refractivity contribution >= 4 is 33.3 Å². The number of nitrogens with zero attached hydrogens (tertiary/aromatic N) is 2. The van der Waals surface area contributed by atoms with E-state index >= 15 is 0 Å². The molecule has 1 aromatic carbocycles. The molecule has 9 nitrogen and oxygen atoms in total. The van der Waals surface area contributed by atoms with Crippen molar-refractivity contribution in [2.24, 2.45) is 0 Å². The van der Waals surface area contributed by atoms with Crippen LogP contribution in [0.3, 0.4) is 0 Å². The van der Waals surface area contributed by atoms with E-state index in [1.807, 2.05) is 4.90 Å². The van der Waals surface area contributed by atoms with Gasteiger partial charge >= 0.3 is 5.97 Å². The van der Waals surface area contributed by atoms with Gasteiger partial charge in [0.05, 0.1) is 23.5 Å². The molecule has 2 rings (SSSR count). The number of carbonyl (C=O) groups excluding carboxylic acids is 1. The van der Waals surface area contributed by atoms with E-state index in [2.05, 4.69) is 21.9 Å². The number of benzene rings is 1. The largest absolute Gasteiger partial charge is 0.478 e. The molecule has 1 saturated heterocycles. The van der Waals surface area contributed by atoms with E-state index in [0.717, 1.165) is 12.8 Å². The molecular weight excluding hydrogens is 396 g/mol. The van der Waals surface area contributed by atoms with E-state index in [1.54, 1.807) is 6.07 Å². The maximum Gasteiger partial charge on any atom is 0.337 e. The van der Waals surface area contributed by atoms with Crippen molar-refractivity contribution in [2.75, 3.05) is 54.6 Å². The smallest absolute Gasteiger partial charge is 0.337 e. The minimum atomic E-state index is -3.57. The lowest BCUT2D eigenvalue weighted by Gasteiger charge is -2.36. The van der Waals surface area contributed by atoms with Crippen LogP contribution < -0.4 is 14.9 Å². The van der Waals surface area contributed by atoms with E-state index in [0.29, 0.717) is 45.0 Å². The Morgan fingerprint density at radius 1 is 1.14 bits per heavy atom. The van der Waals surface area contributed by atoms with Gasteiger partial charge in [-0.3, -0.25) is 14.4 Å². The van der Waals surface area contributed by atoms with Gasteiger partial charge in [0, 0.05) is 38.4 Å². The first-order valence-electron chi connectivity index (χ1n) is 9.87. The minimum absolute atomic E-state index is 0.0209. The number of unbranched alkanes of at least 4 members (excludes halogenated alkanes) is 1. The molecule has 0 unspecified atom stereocenters. The standard InChI is InChI=1S/C19H30N4O5S/c1-3-5-8-20-18(24)14-22-9-11-23(12-10-22)15-6-7-17(16(13-15)19(25)26)21-29(27,28)4-2/h6-7,13,21H,3-5,8-12,14H2,1-2H3,(H,20,24)(H,25,26). The van der Waals surface area contributed by atoms with Gasteiger partial charge in [-0.1, -0.05) is 13.3 Å². The molecule has 0 radical (unpaired) electrons. The van der Waals surface area contributed by atoms with Crippen molar-refractivity contribution < 1.29 is 23.1 Å². The summed E-state index contributed by atoms with van der Waals surface area (Å²) in [5, 5.41) is 12.4.